The molecule has 0 aliphatic heterocycles. The van der Waals surface area contributed by atoms with Crippen LogP contribution in [-0.2, 0) is 4.79 Å². The minimum Gasteiger partial charge on any atom is -0.497 e. The molecule has 0 saturated carbocycles. The summed E-state index contributed by atoms with van der Waals surface area (Å²) in [6, 6.07) is 5.02. The van der Waals surface area contributed by atoms with Crippen LogP contribution in [0.4, 0.5) is 0 Å². The number of methoxy groups -OCH3 is 2. The summed E-state index contributed by atoms with van der Waals surface area (Å²) < 4.78 is 10.6. The van der Waals surface area contributed by atoms with Crippen molar-refractivity contribution >= 4 is 5.78 Å². The quantitative estimate of drug-likeness (QED) is 0.838. The molecule has 5 heteroatoms. The molecule has 5 nitrogen and oxygen atoms in total. The fraction of sp³-hybridized carbons (Fsp3) is 0.438. The van der Waals surface area contributed by atoms with E-state index < -0.39 is 11.6 Å². The highest BCUT2D eigenvalue weighted by Crippen LogP contribution is 2.36. The Hall–Kier alpha value is -2.01. The number of carbonyl (C=O) groups is 1. The number of aliphatic hydroxyl groups is 1. The third kappa shape index (κ3) is 3.36. The average molecular weight is 291 g/mol. The number of ether oxygens (including phenoxy) is 2. The number of ketones is 1. The predicted molar refractivity (Wildman–Crippen MR) is 79.4 cm³/mol. The molecule has 0 saturated heterocycles. The summed E-state index contributed by atoms with van der Waals surface area (Å²) >= 11 is 0. The molecule has 0 bridgehead atoms. The lowest BCUT2D eigenvalue weighted by Gasteiger charge is -2.34. The lowest BCUT2D eigenvalue weighted by Crippen LogP contribution is -2.41. The van der Waals surface area contributed by atoms with E-state index in [1.165, 1.54) is 0 Å². The van der Waals surface area contributed by atoms with Gasteiger partial charge in [-0.25, -0.2) is 0 Å². The summed E-state index contributed by atoms with van der Waals surface area (Å²) in [6.45, 7) is 3.43. The molecule has 1 atom stereocenters. The molecule has 0 fully saturated rings. The zero-order chi connectivity index (χ0) is 15.6. The summed E-state index contributed by atoms with van der Waals surface area (Å²) in [5.74, 6) is 1.42. The van der Waals surface area contributed by atoms with Crippen molar-refractivity contribution in [2.45, 2.75) is 31.9 Å². The van der Waals surface area contributed by atoms with E-state index in [4.69, 9.17) is 9.47 Å². The van der Waals surface area contributed by atoms with Gasteiger partial charge in [0.2, 0.25) is 0 Å². The molecular formula is C16H21NO4. The summed E-state index contributed by atoms with van der Waals surface area (Å²) in [7, 11) is 3.17. The highest BCUT2D eigenvalue weighted by atomic mass is 16.5. The van der Waals surface area contributed by atoms with E-state index in [0.29, 0.717) is 17.9 Å². The molecule has 2 rings (SSSR count). The van der Waals surface area contributed by atoms with Crippen molar-refractivity contribution in [3.63, 3.8) is 0 Å². The van der Waals surface area contributed by atoms with Gasteiger partial charge in [0.1, 0.15) is 11.5 Å². The molecule has 0 aromatic heterocycles. The number of allylic oxidation sites excluding steroid dienone is 2. The van der Waals surface area contributed by atoms with Gasteiger partial charge in [-0.1, -0.05) is 0 Å². The number of hydrogen-bond acceptors (Lipinski definition) is 5. The van der Waals surface area contributed by atoms with Crippen molar-refractivity contribution in [2.75, 3.05) is 14.2 Å². The Kier molecular flexibility index (Phi) is 4.23. The van der Waals surface area contributed by atoms with Crippen molar-refractivity contribution in [1.29, 1.82) is 0 Å². The van der Waals surface area contributed by atoms with Crippen LogP contribution in [0.2, 0.25) is 0 Å². The van der Waals surface area contributed by atoms with Gasteiger partial charge in [0.15, 0.2) is 5.78 Å². The number of hydrogen-bond donors (Lipinski definition) is 2. The SMILES string of the molecule is COc1ccc(OC)c(C(NC2=CC(=O)C2)C(C)(C)O)c1. The zero-order valence-corrected chi connectivity index (χ0v) is 12.8. The third-order valence-electron chi connectivity index (χ3n) is 3.48. The van der Waals surface area contributed by atoms with Crippen LogP contribution in [0.25, 0.3) is 0 Å². The minimum atomic E-state index is -1.04. The monoisotopic (exact) mass is 291 g/mol. The summed E-state index contributed by atoms with van der Waals surface area (Å²) in [4.78, 5) is 11.1. The maximum Gasteiger partial charge on any atom is 0.163 e. The van der Waals surface area contributed by atoms with Crippen LogP contribution in [0, 0.1) is 0 Å². The summed E-state index contributed by atoms with van der Waals surface area (Å²) in [6.07, 6.45) is 1.92. The minimum absolute atomic E-state index is 0.0876. The van der Waals surface area contributed by atoms with E-state index in [1.807, 2.05) is 6.07 Å². The van der Waals surface area contributed by atoms with Gasteiger partial charge in [-0.2, -0.15) is 0 Å². The van der Waals surface area contributed by atoms with E-state index >= 15 is 0 Å². The van der Waals surface area contributed by atoms with E-state index in [2.05, 4.69) is 5.32 Å². The standard InChI is InChI=1S/C16H21NO4/c1-16(2,19)15(17-10-7-11(18)8-10)13-9-12(20-3)5-6-14(13)21-4/h5-7,9,15,17,19H,8H2,1-4H3. The number of carbonyl (C=O) groups excluding carboxylic acids is 1. The molecule has 1 aromatic rings. The highest BCUT2D eigenvalue weighted by molar-refractivity contribution is 5.98. The van der Waals surface area contributed by atoms with Crippen LogP contribution in [0.1, 0.15) is 31.9 Å². The van der Waals surface area contributed by atoms with Gasteiger partial charge in [0, 0.05) is 17.3 Å². The summed E-state index contributed by atoms with van der Waals surface area (Å²) in [5.41, 5.74) is 0.556. The molecule has 0 amide bonds. The Morgan fingerprint density at radius 3 is 2.43 bits per heavy atom. The molecule has 1 unspecified atom stereocenters. The first-order valence-corrected chi connectivity index (χ1v) is 6.79. The van der Waals surface area contributed by atoms with Gasteiger partial charge in [0.25, 0.3) is 0 Å². The van der Waals surface area contributed by atoms with Crippen LogP contribution in [0.3, 0.4) is 0 Å². The molecule has 2 N–H and O–H groups in total. The van der Waals surface area contributed by atoms with Crippen LogP contribution < -0.4 is 14.8 Å². The van der Waals surface area contributed by atoms with Crippen molar-refractivity contribution in [2.24, 2.45) is 0 Å². The maximum atomic E-state index is 11.1. The number of benzene rings is 1. The van der Waals surface area contributed by atoms with Gasteiger partial charge in [-0.15, -0.1) is 0 Å². The normalized spacial score (nSPS) is 15.9. The molecular weight excluding hydrogens is 270 g/mol. The molecule has 0 spiro atoms. The Morgan fingerprint density at radius 1 is 1.29 bits per heavy atom. The van der Waals surface area contributed by atoms with Gasteiger partial charge in [-0.05, 0) is 32.0 Å². The Labute approximate surface area is 124 Å². The second-order valence-corrected chi connectivity index (χ2v) is 5.65. The molecule has 1 aliphatic rings. The molecule has 0 heterocycles. The van der Waals surface area contributed by atoms with Gasteiger partial charge >= 0.3 is 0 Å². The van der Waals surface area contributed by atoms with Crippen molar-refractivity contribution in [1.82, 2.24) is 5.32 Å². The lowest BCUT2D eigenvalue weighted by molar-refractivity contribution is -0.115. The topological polar surface area (TPSA) is 67.8 Å². The number of rotatable bonds is 6. The van der Waals surface area contributed by atoms with E-state index in [9.17, 15) is 9.90 Å². The van der Waals surface area contributed by atoms with Gasteiger partial charge < -0.3 is 19.9 Å². The fourth-order valence-corrected chi connectivity index (χ4v) is 2.33. The number of nitrogens with one attached hydrogen (secondary N) is 1. The second-order valence-electron chi connectivity index (χ2n) is 5.65. The average Bonchev–Trinajstić information content (AvgIpc) is 2.40. The first-order chi connectivity index (χ1) is 9.85. The highest BCUT2D eigenvalue weighted by Gasteiger charge is 2.33. The molecule has 0 radical (unpaired) electrons. The van der Waals surface area contributed by atoms with Crippen LogP contribution in [-0.4, -0.2) is 30.7 Å². The second kappa shape index (κ2) is 5.77. The molecule has 114 valence electrons. The van der Waals surface area contributed by atoms with Crippen LogP contribution in [0.15, 0.2) is 30.0 Å². The van der Waals surface area contributed by atoms with Crippen LogP contribution >= 0.6 is 0 Å². The maximum absolute atomic E-state index is 11.1. The Balaban J connectivity index is 2.40. The molecule has 1 aromatic carbocycles. The predicted octanol–water partition coefficient (Wildman–Crippen LogP) is 1.96. The van der Waals surface area contributed by atoms with Crippen molar-refractivity contribution in [3.05, 3.63) is 35.5 Å². The fourth-order valence-electron chi connectivity index (χ4n) is 2.33. The zero-order valence-electron chi connectivity index (χ0n) is 12.8. The first-order valence-electron chi connectivity index (χ1n) is 6.79. The van der Waals surface area contributed by atoms with Crippen molar-refractivity contribution in [3.8, 4) is 11.5 Å². The third-order valence-corrected chi connectivity index (χ3v) is 3.48. The largest absolute Gasteiger partial charge is 0.497 e. The Bertz CT molecular complexity index is 572. The summed E-state index contributed by atoms with van der Waals surface area (Å²) in [5, 5.41) is 13.7. The van der Waals surface area contributed by atoms with E-state index in [1.54, 1.807) is 46.3 Å². The molecule has 1 aliphatic carbocycles. The van der Waals surface area contributed by atoms with E-state index in [-0.39, 0.29) is 5.78 Å². The lowest BCUT2D eigenvalue weighted by atomic mass is 9.89. The molecule has 21 heavy (non-hydrogen) atoms. The smallest absolute Gasteiger partial charge is 0.163 e. The van der Waals surface area contributed by atoms with Gasteiger partial charge in [0.05, 0.1) is 32.3 Å². The first kappa shape index (κ1) is 15.4. The van der Waals surface area contributed by atoms with Crippen LogP contribution in [0.5, 0.6) is 11.5 Å². The van der Waals surface area contributed by atoms with E-state index in [0.717, 1.165) is 11.3 Å². The Morgan fingerprint density at radius 2 is 1.95 bits per heavy atom. The van der Waals surface area contributed by atoms with Gasteiger partial charge in [-0.3, -0.25) is 4.79 Å². The van der Waals surface area contributed by atoms with Crippen molar-refractivity contribution < 1.29 is 19.4 Å².